The lowest BCUT2D eigenvalue weighted by molar-refractivity contribution is 0.346. The van der Waals surface area contributed by atoms with Gasteiger partial charge >= 0.3 is 0 Å². The standard InChI is InChI=1S/C14H10N2O2/c1-9-2-3-12-10(8-17)5-13(11(6-15)7-16)18-14(12)4-9/h2-5,17H,8H2,1H3. The zero-order valence-electron chi connectivity index (χ0n) is 9.77. The van der Waals surface area contributed by atoms with E-state index in [0.29, 0.717) is 11.3 Å². The van der Waals surface area contributed by atoms with Crippen molar-refractivity contribution in [3.05, 3.63) is 46.7 Å². The van der Waals surface area contributed by atoms with Crippen molar-refractivity contribution in [3.63, 3.8) is 0 Å². The fraction of sp³-hybridized carbons (Fsp3) is 0.143. The zero-order valence-corrected chi connectivity index (χ0v) is 9.77. The van der Waals surface area contributed by atoms with E-state index in [9.17, 15) is 5.11 Å². The number of aliphatic hydroxyl groups excluding tert-OH is 1. The predicted octanol–water partition coefficient (Wildman–Crippen LogP) is 2.06. The molecule has 0 aromatic heterocycles. The van der Waals surface area contributed by atoms with Crippen LogP contribution in [-0.2, 0) is 0 Å². The van der Waals surface area contributed by atoms with Gasteiger partial charge in [-0.3, -0.25) is 0 Å². The lowest BCUT2D eigenvalue weighted by Gasteiger charge is -2.19. The number of aliphatic hydroxyl groups is 1. The van der Waals surface area contributed by atoms with Gasteiger partial charge in [-0.05, 0) is 30.2 Å². The maximum absolute atomic E-state index is 9.34. The quantitative estimate of drug-likeness (QED) is 0.760. The Morgan fingerprint density at radius 3 is 2.67 bits per heavy atom. The molecule has 1 N–H and O–H groups in total. The van der Waals surface area contributed by atoms with Crippen LogP contribution in [0.3, 0.4) is 0 Å². The van der Waals surface area contributed by atoms with E-state index in [-0.39, 0.29) is 17.9 Å². The number of nitriles is 2. The third kappa shape index (κ3) is 1.98. The van der Waals surface area contributed by atoms with Gasteiger partial charge in [0.2, 0.25) is 0 Å². The van der Waals surface area contributed by atoms with Gasteiger partial charge in [0.1, 0.15) is 17.9 Å². The van der Waals surface area contributed by atoms with Crippen molar-refractivity contribution in [2.45, 2.75) is 6.92 Å². The molecule has 1 aliphatic rings. The lowest BCUT2D eigenvalue weighted by Crippen LogP contribution is -2.07. The number of hydrogen-bond acceptors (Lipinski definition) is 4. The molecule has 18 heavy (non-hydrogen) atoms. The van der Waals surface area contributed by atoms with E-state index in [1.54, 1.807) is 12.1 Å². The largest absolute Gasteiger partial charge is 0.455 e. The van der Waals surface area contributed by atoms with Gasteiger partial charge in [0.25, 0.3) is 0 Å². The highest BCUT2D eigenvalue weighted by Gasteiger charge is 2.19. The van der Waals surface area contributed by atoms with E-state index in [1.165, 1.54) is 6.08 Å². The fourth-order valence-corrected chi connectivity index (χ4v) is 1.75. The van der Waals surface area contributed by atoms with E-state index >= 15 is 0 Å². The maximum atomic E-state index is 9.34. The molecule has 88 valence electrons. The number of hydrogen-bond donors (Lipinski definition) is 1. The molecular formula is C14H10N2O2. The molecule has 0 saturated carbocycles. The highest BCUT2D eigenvalue weighted by Crippen LogP contribution is 2.34. The molecule has 0 saturated heterocycles. The number of nitrogens with zero attached hydrogens (tertiary/aromatic N) is 2. The normalized spacial score (nSPS) is 12.7. The Morgan fingerprint density at radius 2 is 2.06 bits per heavy atom. The zero-order chi connectivity index (χ0) is 13.1. The third-order valence-electron chi connectivity index (χ3n) is 2.65. The van der Waals surface area contributed by atoms with Crippen molar-refractivity contribution < 1.29 is 9.84 Å². The van der Waals surface area contributed by atoms with Crippen LogP contribution < -0.4 is 4.74 Å². The second-order valence-electron chi connectivity index (χ2n) is 3.89. The van der Waals surface area contributed by atoms with E-state index in [0.717, 1.165) is 11.1 Å². The van der Waals surface area contributed by atoms with Crippen molar-refractivity contribution in [3.8, 4) is 17.9 Å². The summed E-state index contributed by atoms with van der Waals surface area (Å²) >= 11 is 0. The van der Waals surface area contributed by atoms with Gasteiger partial charge in [0.05, 0.1) is 6.61 Å². The van der Waals surface area contributed by atoms with Crippen LogP contribution in [-0.4, -0.2) is 11.7 Å². The molecule has 0 radical (unpaired) electrons. The number of ether oxygens (including phenoxy) is 1. The summed E-state index contributed by atoms with van der Waals surface area (Å²) in [5.41, 5.74) is 2.31. The van der Waals surface area contributed by atoms with Gasteiger partial charge in [0, 0.05) is 5.56 Å². The summed E-state index contributed by atoms with van der Waals surface area (Å²) in [5.74, 6) is 0.738. The van der Waals surface area contributed by atoms with E-state index in [4.69, 9.17) is 15.3 Å². The van der Waals surface area contributed by atoms with Crippen LogP contribution in [0, 0.1) is 29.6 Å². The van der Waals surface area contributed by atoms with Crippen molar-refractivity contribution in [1.29, 1.82) is 10.5 Å². The summed E-state index contributed by atoms with van der Waals surface area (Å²) in [4.78, 5) is 0. The van der Waals surface area contributed by atoms with Crippen molar-refractivity contribution in [1.82, 2.24) is 0 Å². The molecule has 4 heteroatoms. The molecule has 0 fully saturated rings. The van der Waals surface area contributed by atoms with E-state index in [1.807, 2.05) is 25.1 Å². The number of benzene rings is 1. The minimum Gasteiger partial charge on any atom is -0.455 e. The van der Waals surface area contributed by atoms with Crippen LogP contribution in [0.15, 0.2) is 35.6 Å². The van der Waals surface area contributed by atoms with Crippen molar-refractivity contribution in [2.24, 2.45) is 0 Å². The number of rotatable bonds is 1. The summed E-state index contributed by atoms with van der Waals surface area (Å²) in [6.07, 6.45) is 1.53. The topological polar surface area (TPSA) is 77.0 Å². The molecule has 0 aliphatic carbocycles. The Labute approximate surface area is 105 Å². The SMILES string of the molecule is Cc1ccc2c(c1)OC(=C(C#N)C#N)C=C2CO. The monoisotopic (exact) mass is 238 g/mol. The molecule has 2 rings (SSSR count). The summed E-state index contributed by atoms with van der Waals surface area (Å²) in [6.45, 7) is 1.74. The molecule has 0 atom stereocenters. The van der Waals surface area contributed by atoms with Crippen LogP contribution >= 0.6 is 0 Å². The van der Waals surface area contributed by atoms with Crippen LogP contribution in [0.4, 0.5) is 0 Å². The summed E-state index contributed by atoms with van der Waals surface area (Å²) in [5, 5.41) is 27.0. The molecule has 0 bridgehead atoms. The highest BCUT2D eigenvalue weighted by atomic mass is 16.5. The Morgan fingerprint density at radius 1 is 1.33 bits per heavy atom. The second-order valence-corrected chi connectivity index (χ2v) is 3.89. The van der Waals surface area contributed by atoms with Gasteiger partial charge in [-0.15, -0.1) is 0 Å². The van der Waals surface area contributed by atoms with Gasteiger partial charge in [-0.2, -0.15) is 10.5 Å². The second kappa shape index (κ2) is 4.75. The van der Waals surface area contributed by atoms with Crippen LogP contribution in [0.2, 0.25) is 0 Å². The molecule has 4 nitrogen and oxygen atoms in total. The first-order valence-corrected chi connectivity index (χ1v) is 5.34. The molecule has 0 amide bonds. The van der Waals surface area contributed by atoms with Crippen LogP contribution in [0.25, 0.3) is 5.57 Å². The Balaban J connectivity index is 2.62. The molecule has 1 aromatic rings. The predicted molar refractivity (Wildman–Crippen MR) is 65.1 cm³/mol. The molecule has 0 spiro atoms. The average Bonchev–Trinajstić information content (AvgIpc) is 2.38. The third-order valence-corrected chi connectivity index (χ3v) is 2.65. The van der Waals surface area contributed by atoms with Crippen molar-refractivity contribution in [2.75, 3.05) is 6.61 Å². The Bertz CT molecular complexity index is 627. The van der Waals surface area contributed by atoms with Gasteiger partial charge in [-0.1, -0.05) is 12.1 Å². The van der Waals surface area contributed by atoms with Crippen molar-refractivity contribution >= 4 is 5.57 Å². The number of aryl methyl sites for hydroxylation is 1. The first-order valence-electron chi connectivity index (χ1n) is 5.34. The highest BCUT2D eigenvalue weighted by molar-refractivity contribution is 5.76. The van der Waals surface area contributed by atoms with Gasteiger partial charge in [0.15, 0.2) is 11.3 Å². The lowest BCUT2D eigenvalue weighted by atomic mass is 10.00. The summed E-state index contributed by atoms with van der Waals surface area (Å²) < 4.78 is 5.54. The minimum absolute atomic E-state index is 0.104. The fourth-order valence-electron chi connectivity index (χ4n) is 1.75. The molecule has 0 unspecified atom stereocenters. The first-order chi connectivity index (χ1) is 8.69. The van der Waals surface area contributed by atoms with E-state index in [2.05, 4.69) is 0 Å². The van der Waals surface area contributed by atoms with Crippen LogP contribution in [0.5, 0.6) is 5.75 Å². The average molecular weight is 238 g/mol. The summed E-state index contributed by atoms with van der Waals surface area (Å²) in [6, 6.07) is 9.13. The Kier molecular flexibility index (Phi) is 3.14. The minimum atomic E-state index is -0.174. The molecule has 1 aliphatic heterocycles. The molecule has 1 heterocycles. The maximum Gasteiger partial charge on any atom is 0.172 e. The summed E-state index contributed by atoms with van der Waals surface area (Å²) in [7, 11) is 0. The van der Waals surface area contributed by atoms with Gasteiger partial charge < -0.3 is 9.84 Å². The number of fused-ring (bicyclic) bond motifs is 1. The Hall–Kier alpha value is -2.56. The van der Waals surface area contributed by atoms with Crippen LogP contribution in [0.1, 0.15) is 11.1 Å². The molecular weight excluding hydrogens is 228 g/mol. The smallest absolute Gasteiger partial charge is 0.172 e. The first kappa shape index (κ1) is 11.9. The number of allylic oxidation sites excluding steroid dienone is 2. The molecule has 1 aromatic carbocycles. The van der Waals surface area contributed by atoms with E-state index < -0.39 is 0 Å². The van der Waals surface area contributed by atoms with Gasteiger partial charge in [-0.25, -0.2) is 0 Å².